The van der Waals surface area contributed by atoms with Crippen molar-refractivity contribution in [3.8, 4) is 0 Å². The first kappa shape index (κ1) is 19.3. The van der Waals surface area contributed by atoms with Gasteiger partial charge in [0.05, 0.1) is 52.4 Å². The van der Waals surface area contributed by atoms with Crippen LogP contribution in [0, 0.1) is 0 Å². The van der Waals surface area contributed by atoms with Crippen molar-refractivity contribution in [2.75, 3.05) is 46.2 Å². The number of hydrogen-bond donors (Lipinski definition) is 1. The maximum Gasteiger partial charge on any atom is 0.305 e. The van der Waals surface area contributed by atoms with Gasteiger partial charge in [0.15, 0.2) is 0 Å². The summed E-state index contributed by atoms with van der Waals surface area (Å²) in [7, 11) is 0. The zero-order valence-corrected chi connectivity index (χ0v) is 12.6. The highest BCUT2D eigenvalue weighted by molar-refractivity contribution is 5.69. The van der Waals surface area contributed by atoms with Gasteiger partial charge >= 0.3 is 5.97 Å². The fraction of sp³-hybridized carbons (Fsp3) is 0.929. The normalized spacial score (nSPS) is 12.3. The van der Waals surface area contributed by atoms with Crippen molar-refractivity contribution in [1.29, 1.82) is 0 Å². The predicted octanol–water partition coefficient (Wildman–Crippen LogP) is 1.15. The molecule has 6 heteroatoms. The van der Waals surface area contributed by atoms with E-state index in [-0.39, 0.29) is 18.7 Å². The number of carbonyl (C=O) groups is 1. The Morgan fingerprint density at radius 3 is 2.30 bits per heavy atom. The number of carbonyl (C=O) groups excluding carboxylic acids is 1. The van der Waals surface area contributed by atoms with Gasteiger partial charge in [-0.3, -0.25) is 4.79 Å². The van der Waals surface area contributed by atoms with Crippen LogP contribution in [-0.2, 0) is 23.7 Å². The molecule has 0 rings (SSSR count). The molecule has 120 valence electrons. The minimum atomic E-state index is -0.174. The van der Waals surface area contributed by atoms with E-state index in [2.05, 4.69) is 0 Å². The Morgan fingerprint density at radius 2 is 1.70 bits per heavy atom. The summed E-state index contributed by atoms with van der Waals surface area (Å²) in [6, 6.07) is 0. The van der Waals surface area contributed by atoms with Gasteiger partial charge in [0.25, 0.3) is 0 Å². The third kappa shape index (κ3) is 12.3. The molecule has 1 atom stereocenters. The molecule has 0 fully saturated rings. The average Bonchev–Trinajstić information content (AvgIpc) is 2.45. The quantitative estimate of drug-likeness (QED) is 0.382. The number of hydrogen-bond acceptors (Lipinski definition) is 6. The summed E-state index contributed by atoms with van der Waals surface area (Å²) in [5.41, 5.74) is 0. The highest BCUT2D eigenvalue weighted by Crippen LogP contribution is 2.07. The van der Waals surface area contributed by atoms with E-state index in [9.17, 15) is 4.79 Å². The number of aliphatic hydroxyl groups excluding tert-OH is 1. The van der Waals surface area contributed by atoms with E-state index in [0.717, 1.165) is 6.42 Å². The molecule has 0 bridgehead atoms. The van der Waals surface area contributed by atoms with Gasteiger partial charge in [-0.1, -0.05) is 6.92 Å². The van der Waals surface area contributed by atoms with Crippen LogP contribution in [0.25, 0.3) is 0 Å². The van der Waals surface area contributed by atoms with Crippen LogP contribution in [0.2, 0.25) is 0 Å². The molecule has 1 N–H and O–H groups in total. The summed E-state index contributed by atoms with van der Waals surface area (Å²) in [6.07, 6.45) is 1.99. The third-order valence-electron chi connectivity index (χ3n) is 2.62. The largest absolute Gasteiger partial charge is 0.466 e. The summed E-state index contributed by atoms with van der Waals surface area (Å²) in [5.74, 6) is -0.174. The molecule has 0 saturated carbocycles. The van der Waals surface area contributed by atoms with Gasteiger partial charge in [0, 0.05) is 6.42 Å². The number of esters is 1. The van der Waals surface area contributed by atoms with Crippen molar-refractivity contribution in [2.45, 2.75) is 39.2 Å². The maximum atomic E-state index is 11.2. The van der Waals surface area contributed by atoms with Crippen LogP contribution in [0.1, 0.15) is 33.1 Å². The molecule has 0 aliphatic rings. The molecular weight excluding hydrogens is 264 g/mol. The van der Waals surface area contributed by atoms with E-state index in [0.29, 0.717) is 52.5 Å². The van der Waals surface area contributed by atoms with Crippen molar-refractivity contribution >= 4 is 5.97 Å². The predicted molar refractivity (Wildman–Crippen MR) is 74.6 cm³/mol. The molecule has 0 aromatic carbocycles. The molecule has 6 nitrogen and oxygen atoms in total. The van der Waals surface area contributed by atoms with E-state index in [1.54, 1.807) is 6.92 Å². The number of rotatable bonds is 14. The Morgan fingerprint density at radius 1 is 1.05 bits per heavy atom. The Hall–Kier alpha value is -0.690. The van der Waals surface area contributed by atoms with E-state index >= 15 is 0 Å². The molecule has 0 aromatic rings. The Bertz CT molecular complexity index is 222. The van der Waals surface area contributed by atoms with Crippen LogP contribution in [0.5, 0.6) is 0 Å². The summed E-state index contributed by atoms with van der Waals surface area (Å²) in [5, 5.41) is 8.50. The van der Waals surface area contributed by atoms with Crippen LogP contribution in [-0.4, -0.2) is 63.4 Å². The van der Waals surface area contributed by atoms with Crippen molar-refractivity contribution in [1.82, 2.24) is 0 Å². The van der Waals surface area contributed by atoms with Crippen molar-refractivity contribution < 1.29 is 28.8 Å². The van der Waals surface area contributed by atoms with E-state index in [1.165, 1.54) is 0 Å². The number of ether oxygens (including phenoxy) is 4. The molecule has 0 aliphatic carbocycles. The van der Waals surface area contributed by atoms with Crippen molar-refractivity contribution in [3.05, 3.63) is 0 Å². The molecule has 20 heavy (non-hydrogen) atoms. The van der Waals surface area contributed by atoms with E-state index in [1.807, 2.05) is 6.92 Å². The first-order valence-corrected chi connectivity index (χ1v) is 7.28. The summed E-state index contributed by atoms with van der Waals surface area (Å²) in [4.78, 5) is 11.2. The second-order valence-electron chi connectivity index (χ2n) is 4.19. The van der Waals surface area contributed by atoms with Gasteiger partial charge in [-0.15, -0.1) is 0 Å². The van der Waals surface area contributed by atoms with E-state index in [4.69, 9.17) is 24.1 Å². The highest BCUT2D eigenvalue weighted by atomic mass is 16.5. The van der Waals surface area contributed by atoms with Crippen LogP contribution < -0.4 is 0 Å². The second-order valence-corrected chi connectivity index (χ2v) is 4.19. The SMILES string of the molecule is CCOC(=O)CCC(CC)OCCOCCOCCO. The summed E-state index contributed by atoms with van der Waals surface area (Å²) >= 11 is 0. The minimum Gasteiger partial charge on any atom is -0.466 e. The zero-order valence-electron chi connectivity index (χ0n) is 12.6. The highest BCUT2D eigenvalue weighted by Gasteiger charge is 2.10. The van der Waals surface area contributed by atoms with Gasteiger partial charge in [-0.25, -0.2) is 0 Å². The maximum absolute atomic E-state index is 11.2. The molecule has 0 saturated heterocycles. The van der Waals surface area contributed by atoms with Gasteiger partial charge in [0.2, 0.25) is 0 Å². The van der Waals surface area contributed by atoms with E-state index < -0.39 is 0 Å². The molecule has 0 aromatic heterocycles. The van der Waals surface area contributed by atoms with Gasteiger partial charge in [0.1, 0.15) is 0 Å². The van der Waals surface area contributed by atoms with Crippen LogP contribution in [0.4, 0.5) is 0 Å². The third-order valence-corrected chi connectivity index (χ3v) is 2.62. The van der Waals surface area contributed by atoms with Gasteiger partial charge in [-0.05, 0) is 19.8 Å². The summed E-state index contributed by atoms with van der Waals surface area (Å²) < 4.78 is 20.9. The number of aliphatic hydroxyl groups is 1. The molecule has 1 unspecified atom stereocenters. The molecular formula is C14H28O6. The average molecular weight is 292 g/mol. The van der Waals surface area contributed by atoms with Gasteiger partial charge < -0.3 is 24.1 Å². The molecule has 0 radical (unpaired) electrons. The minimum absolute atomic E-state index is 0.0295. The molecule has 0 heterocycles. The van der Waals surface area contributed by atoms with Crippen molar-refractivity contribution in [3.63, 3.8) is 0 Å². The zero-order chi connectivity index (χ0) is 15.1. The topological polar surface area (TPSA) is 74.2 Å². The molecule has 0 aliphatic heterocycles. The smallest absolute Gasteiger partial charge is 0.305 e. The Balaban J connectivity index is 3.43. The summed E-state index contributed by atoms with van der Waals surface area (Å²) in [6.45, 7) is 6.58. The first-order chi connectivity index (χ1) is 9.74. The monoisotopic (exact) mass is 292 g/mol. The first-order valence-electron chi connectivity index (χ1n) is 7.28. The fourth-order valence-corrected chi connectivity index (χ4v) is 1.58. The standard InChI is InChI=1S/C14H28O6/c1-3-13(5-6-14(16)19-4-2)20-12-11-18-10-9-17-8-7-15/h13,15H,3-12H2,1-2H3. The van der Waals surface area contributed by atoms with Gasteiger partial charge in [-0.2, -0.15) is 0 Å². The molecule has 0 amide bonds. The lowest BCUT2D eigenvalue weighted by atomic mass is 10.1. The Kier molecular flexibility index (Phi) is 14.2. The second kappa shape index (κ2) is 14.7. The lowest BCUT2D eigenvalue weighted by Crippen LogP contribution is -2.18. The van der Waals surface area contributed by atoms with Crippen molar-refractivity contribution in [2.24, 2.45) is 0 Å². The van der Waals surface area contributed by atoms with Crippen LogP contribution in [0.3, 0.4) is 0 Å². The lowest BCUT2D eigenvalue weighted by Gasteiger charge is -2.15. The molecule has 0 spiro atoms. The fourth-order valence-electron chi connectivity index (χ4n) is 1.58. The lowest BCUT2D eigenvalue weighted by molar-refractivity contribution is -0.144. The van der Waals surface area contributed by atoms with Crippen LogP contribution in [0.15, 0.2) is 0 Å². The Labute approximate surface area is 121 Å². The van der Waals surface area contributed by atoms with Crippen LogP contribution >= 0.6 is 0 Å².